The van der Waals surface area contributed by atoms with Crippen LogP contribution in [0.25, 0.3) is 0 Å². The van der Waals surface area contributed by atoms with Crippen molar-refractivity contribution in [3.63, 3.8) is 0 Å². The molecule has 1 N–H and O–H groups in total. The van der Waals surface area contributed by atoms with Gasteiger partial charge in [-0.2, -0.15) is 0 Å². The molecule has 4 rings (SSSR count). The number of allylic oxidation sites excluding steroid dienone is 1. The van der Waals surface area contributed by atoms with Crippen molar-refractivity contribution in [3.05, 3.63) is 77.4 Å². The van der Waals surface area contributed by atoms with E-state index in [0.29, 0.717) is 5.69 Å². The molecule has 1 heterocycles. The third-order valence-corrected chi connectivity index (χ3v) is 7.71. The Bertz CT molecular complexity index is 1080. The third kappa shape index (κ3) is 4.83. The molecule has 0 bridgehead atoms. The molecular formula is C27H34N2O2S. The molecule has 1 atom stereocenters. The minimum Gasteiger partial charge on any atom is -0.284 e. The highest BCUT2D eigenvalue weighted by molar-refractivity contribution is 7.92. The van der Waals surface area contributed by atoms with Crippen LogP contribution in [0.3, 0.4) is 0 Å². The molecule has 1 saturated carbocycles. The number of rotatable bonds is 8. The van der Waals surface area contributed by atoms with Crippen molar-refractivity contribution < 1.29 is 8.42 Å². The first-order valence-corrected chi connectivity index (χ1v) is 13.6. The number of nitrogens with zero attached hydrogens (tertiary/aromatic N) is 1. The van der Waals surface area contributed by atoms with Crippen molar-refractivity contribution in [2.45, 2.75) is 69.2 Å². The second-order valence-corrected chi connectivity index (χ2v) is 11.3. The van der Waals surface area contributed by atoms with Gasteiger partial charge in [0.15, 0.2) is 0 Å². The summed E-state index contributed by atoms with van der Waals surface area (Å²) in [5, 5.41) is 0. The Morgan fingerprint density at radius 3 is 2.25 bits per heavy atom. The van der Waals surface area contributed by atoms with Crippen LogP contribution in [0.4, 0.5) is 5.69 Å². The first-order chi connectivity index (χ1) is 15.3. The minimum absolute atomic E-state index is 0.0557. The summed E-state index contributed by atoms with van der Waals surface area (Å²) in [7, 11) is -3.29. The van der Waals surface area contributed by atoms with E-state index in [9.17, 15) is 8.42 Å². The van der Waals surface area contributed by atoms with Crippen LogP contribution in [0.1, 0.15) is 63.0 Å². The van der Waals surface area contributed by atoms with Crippen LogP contribution in [0, 0.1) is 0 Å². The SMILES string of the molecule is CC1=CC(CCCc2ccccc2)(C2(c3ccc(NS(C)(=O)=O)cc3)CCCCC2)N=C1. The lowest BCUT2D eigenvalue weighted by Gasteiger charge is -2.49. The maximum atomic E-state index is 11.6. The Hall–Kier alpha value is -2.40. The second-order valence-electron chi connectivity index (χ2n) is 9.50. The molecule has 1 aliphatic heterocycles. The molecule has 1 unspecified atom stereocenters. The van der Waals surface area contributed by atoms with Gasteiger partial charge in [-0.05, 0) is 67.9 Å². The highest BCUT2D eigenvalue weighted by Gasteiger charge is 2.51. The maximum Gasteiger partial charge on any atom is 0.229 e. The van der Waals surface area contributed by atoms with Crippen molar-refractivity contribution in [2.24, 2.45) is 4.99 Å². The number of benzene rings is 2. The van der Waals surface area contributed by atoms with Gasteiger partial charge in [0.25, 0.3) is 0 Å². The van der Waals surface area contributed by atoms with E-state index < -0.39 is 10.0 Å². The summed E-state index contributed by atoms with van der Waals surface area (Å²) in [6, 6.07) is 18.7. The average molecular weight is 451 g/mol. The molecule has 32 heavy (non-hydrogen) atoms. The minimum atomic E-state index is -3.29. The number of aryl methyl sites for hydroxylation is 1. The number of sulfonamides is 1. The standard InChI is InChI=1S/C27H34N2O2S/c1-22-20-27(28-21-22,19-9-12-23-10-5-3-6-11-23)26(17-7-4-8-18-26)24-13-15-25(16-14-24)29-32(2,30)31/h3,5-6,10-11,13-16,20-21,29H,4,7-9,12,17-19H2,1-2H3. The molecule has 0 aromatic heterocycles. The maximum absolute atomic E-state index is 11.6. The molecule has 170 valence electrons. The van der Waals surface area contributed by atoms with E-state index in [1.807, 2.05) is 12.1 Å². The van der Waals surface area contributed by atoms with Crippen LogP contribution < -0.4 is 4.72 Å². The lowest BCUT2D eigenvalue weighted by atomic mass is 9.57. The van der Waals surface area contributed by atoms with E-state index >= 15 is 0 Å². The van der Waals surface area contributed by atoms with E-state index in [0.717, 1.165) is 32.1 Å². The van der Waals surface area contributed by atoms with Gasteiger partial charge in [-0.1, -0.05) is 67.8 Å². The molecule has 5 heteroatoms. The fourth-order valence-corrected chi connectivity index (χ4v) is 6.28. The molecule has 0 amide bonds. The normalized spacial score (nSPS) is 22.5. The van der Waals surface area contributed by atoms with E-state index in [1.54, 1.807) is 0 Å². The highest BCUT2D eigenvalue weighted by atomic mass is 32.2. The molecule has 0 radical (unpaired) electrons. The molecule has 0 saturated heterocycles. The first-order valence-electron chi connectivity index (χ1n) is 11.7. The van der Waals surface area contributed by atoms with Gasteiger partial charge in [0.2, 0.25) is 10.0 Å². The van der Waals surface area contributed by atoms with Gasteiger partial charge in [-0.25, -0.2) is 8.42 Å². The first kappa shape index (κ1) is 22.8. The monoisotopic (exact) mass is 450 g/mol. The highest BCUT2D eigenvalue weighted by Crippen LogP contribution is 2.53. The van der Waals surface area contributed by atoms with Gasteiger partial charge in [-0.15, -0.1) is 0 Å². The quantitative estimate of drug-likeness (QED) is 0.532. The van der Waals surface area contributed by atoms with Crippen LogP contribution in [0.2, 0.25) is 0 Å². The lowest BCUT2D eigenvalue weighted by Crippen LogP contribution is -2.50. The van der Waals surface area contributed by atoms with Crippen molar-refractivity contribution in [3.8, 4) is 0 Å². The number of nitrogens with one attached hydrogen (secondary N) is 1. The largest absolute Gasteiger partial charge is 0.284 e. The van der Waals surface area contributed by atoms with Crippen LogP contribution in [0.15, 0.2) is 71.2 Å². The summed E-state index contributed by atoms with van der Waals surface area (Å²) < 4.78 is 25.9. The Kier molecular flexibility index (Phi) is 6.57. The van der Waals surface area contributed by atoms with Crippen LogP contribution >= 0.6 is 0 Å². The molecule has 0 spiro atoms. The second kappa shape index (κ2) is 9.22. The van der Waals surface area contributed by atoms with Gasteiger partial charge in [-0.3, -0.25) is 9.71 Å². The van der Waals surface area contributed by atoms with Crippen LogP contribution in [0.5, 0.6) is 0 Å². The Balaban J connectivity index is 1.66. The van der Waals surface area contributed by atoms with Gasteiger partial charge in [0.1, 0.15) is 0 Å². The number of anilines is 1. The van der Waals surface area contributed by atoms with Gasteiger partial charge >= 0.3 is 0 Å². The van der Waals surface area contributed by atoms with E-state index in [-0.39, 0.29) is 11.0 Å². The van der Waals surface area contributed by atoms with E-state index in [4.69, 9.17) is 4.99 Å². The van der Waals surface area contributed by atoms with Crippen molar-refractivity contribution in [1.29, 1.82) is 0 Å². The summed E-state index contributed by atoms with van der Waals surface area (Å²) in [6.45, 7) is 2.15. The number of hydrogen-bond acceptors (Lipinski definition) is 3. The third-order valence-electron chi connectivity index (χ3n) is 7.11. The fraction of sp³-hybridized carbons (Fsp3) is 0.444. The Morgan fingerprint density at radius 2 is 1.66 bits per heavy atom. The van der Waals surface area contributed by atoms with Crippen molar-refractivity contribution in [2.75, 3.05) is 11.0 Å². The van der Waals surface area contributed by atoms with Gasteiger partial charge in [0, 0.05) is 17.3 Å². The zero-order valence-electron chi connectivity index (χ0n) is 19.2. The summed E-state index contributed by atoms with van der Waals surface area (Å²) >= 11 is 0. The van der Waals surface area contributed by atoms with Crippen molar-refractivity contribution >= 4 is 21.9 Å². The lowest BCUT2D eigenvalue weighted by molar-refractivity contribution is 0.182. The summed E-state index contributed by atoms with van der Waals surface area (Å²) in [4.78, 5) is 5.20. The molecule has 2 aromatic carbocycles. The molecule has 1 aliphatic carbocycles. The molecule has 2 aromatic rings. The Morgan fingerprint density at radius 1 is 0.969 bits per heavy atom. The molecule has 1 fully saturated rings. The van der Waals surface area contributed by atoms with Crippen LogP contribution in [-0.4, -0.2) is 26.4 Å². The molecule has 4 nitrogen and oxygen atoms in total. The summed E-state index contributed by atoms with van der Waals surface area (Å²) in [5.74, 6) is 0. The average Bonchev–Trinajstić information content (AvgIpc) is 3.16. The fourth-order valence-electron chi connectivity index (χ4n) is 5.71. The zero-order chi connectivity index (χ0) is 22.7. The number of hydrogen-bond donors (Lipinski definition) is 1. The van der Waals surface area contributed by atoms with Gasteiger partial charge < -0.3 is 0 Å². The summed E-state index contributed by atoms with van der Waals surface area (Å²) in [5.41, 5.74) is 4.21. The molecule has 2 aliphatic rings. The van der Waals surface area contributed by atoms with E-state index in [2.05, 4.69) is 66.4 Å². The molecular weight excluding hydrogens is 416 g/mol. The predicted molar refractivity (Wildman–Crippen MR) is 134 cm³/mol. The number of aliphatic imine (C=N–C) groups is 1. The smallest absolute Gasteiger partial charge is 0.229 e. The van der Waals surface area contributed by atoms with Gasteiger partial charge in [0.05, 0.1) is 11.8 Å². The zero-order valence-corrected chi connectivity index (χ0v) is 20.0. The van der Waals surface area contributed by atoms with E-state index in [1.165, 1.54) is 42.2 Å². The topological polar surface area (TPSA) is 58.5 Å². The van der Waals surface area contributed by atoms with Crippen molar-refractivity contribution in [1.82, 2.24) is 0 Å². The Labute approximate surface area is 192 Å². The van der Waals surface area contributed by atoms with Crippen LogP contribution in [-0.2, 0) is 21.9 Å². The predicted octanol–water partition coefficient (Wildman–Crippen LogP) is 6.05. The summed E-state index contributed by atoms with van der Waals surface area (Å²) in [6.07, 6.45) is 14.7.